The molecule has 0 aliphatic rings. The molecule has 0 radical (unpaired) electrons. The minimum Gasteiger partial charge on any atom is -0.493 e. The lowest BCUT2D eigenvalue weighted by atomic mass is 10.0. The number of sulfonamides is 1. The summed E-state index contributed by atoms with van der Waals surface area (Å²) in [6, 6.07) is 11.1. The molecular formula is C16H17NO5S. The fraction of sp³-hybridized carbons (Fsp3) is 0.188. The second kappa shape index (κ2) is 6.80. The largest absolute Gasteiger partial charge is 0.493 e. The molecule has 23 heavy (non-hydrogen) atoms. The van der Waals surface area contributed by atoms with E-state index in [0.29, 0.717) is 18.6 Å². The summed E-state index contributed by atoms with van der Waals surface area (Å²) in [5.41, 5.74) is 0.658. The van der Waals surface area contributed by atoms with Gasteiger partial charge in [-0.05, 0) is 24.1 Å². The molecule has 0 saturated carbocycles. The molecule has 6 nitrogen and oxygen atoms in total. The molecule has 2 rings (SSSR count). The van der Waals surface area contributed by atoms with Crippen LogP contribution < -0.4 is 9.88 Å². The van der Waals surface area contributed by atoms with E-state index in [9.17, 15) is 18.3 Å². The van der Waals surface area contributed by atoms with Crippen molar-refractivity contribution in [2.24, 2.45) is 5.14 Å². The Kier molecular flexibility index (Phi) is 5.02. The first-order chi connectivity index (χ1) is 10.8. The lowest BCUT2D eigenvalue weighted by molar-refractivity contribution is 0.0696. The average Bonchev–Trinajstić information content (AvgIpc) is 2.51. The van der Waals surface area contributed by atoms with E-state index in [2.05, 4.69) is 0 Å². The van der Waals surface area contributed by atoms with Crippen molar-refractivity contribution in [3.63, 3.8) is 0 Å². The second-order valence-electron chi connectivity index (χ2n) is 4.91. The van der Waals surface area contributed by atoms with Crippen LogP contribution in [0.5, 0.6) is 5.75 Å². The third-order valence-corrected chi connectivity index (χ3v) is 4.08. The molecule has 3 N–H and O–H groups in total. The first-order valence-corrected chi connectivity index (χ1v) is 8.51. The number of carboxylic acid groups (broad SMARTS) is 1. The van der Waals surface area contributed by atoms with Gasteiger partial charge in [-0.1, -0.05) is 37.3 Å². The van der Waals surface area contributed by atoms with Gasteiger partial charge in [-0.3, -0.25) is 0 Å². The Balaban J connectivity index is 2.81. The Morgan fingerprint density at radius 3 is 2.39 bits per heavy atom. The lowest BCUT2D eigenvalue weighted by Crippen LogP contribution is -2.15. The quantitative estimate of drug-likeness (QED) is 0.843. The number of nitrogens with two attached hydrogens (primary N) is 1. The molecule has 0 aliphatic carbocycles. The van der Waals surface area contributed by atoms with Gasteiger partial charge in [-0.2, -0.15) is 0 Å². The van der Waals surface area contributed by atoms with Crippen molar-refractivity contribution in [3.8, 4) is 16.9 Å². The smallest absolute Gasteiger partial charge is 0.335 e. The molecule has 0 atom stereocenters. The summed E-state index contributed by atoms with van der Waals surface area (Å²) in [5, 5.41) is 14.5. The van der Waals surface area contributed by atoms with E-state index < -0.39 is 16.0 Å². The van der Waals surface area contributed by atoms with E-state index in [1.165, 1.54) is 6.07 Å². The van der Waals surface area contributed by atoms with Crippen molar-refractivity contribution in [2.75, 3.05) is 6.61 Å². The standard InChI is InChI=1S/C16H17NO5S/c1-2-8-22-13-9-12(16(18)19)10-14(23(17,20)21)15(13)11-6-4-3-5-7-11/h3-7,9-10H,2,8H2,1H3,(H,18,19)(H2,17,20,21). The number of benzene rings is 2. The van der Waals surface area contributed by atoms with Crippen molar-refractivity contribution in [2.45, 2.75) is 18.2 Å². The highest BCUT2D eigenvalue weighted by Gasteiger charge is 2.23. The van der Waals surface area contributed by atoms with Gasteiger partial charge in [0.2, 0.25) is 10.0 Å². The molecule has 0 amide bonds. The van der Waals surface area contributed by atoms with Gasteiger partial charge in [0, 0.05) is 5.56 Å². The molecular weight excluding hydrogens is 318 g/mol. The number of carbonyl (C=O) groups is 1. The molecule has 2 aromatic rings. The normalized spacial score (nSPS) is 11.2. The maximum atomic E-state index is 12.0. The van der Waals surface area contributed by atoms with E-state index in [4.69, 9.17) is 9.88 Å². The van der Waals surface area contributed by atoms with Crippen LogP contribution in [0.1, 0.15) is 23.7 Å². The molecule has 0 aliphatic heterocycles. The van der Waals surface area contributed by atoms with Crippen molar-refractivity contribution < 1.29 is 23.1 Å². The molecule has 0 heterocycles. The molecule has 0 unspecified atom stereocenters. The zero-order valence-electron chi connectivity index (χ0n) is 12.5. The number of primary sulfonamides is 1. The number of hydrogen-bond acceptors (Lipinski definition) is 4. The van der Waals surface area contributed by atoms with E-state index in [1.807, 2.05) is 6.92 Å². The van der Waals surface area contributed by atoms with Gasteiger partial charge in [-0.25, -0.2) is 18.4 Å². The van der Waals surface area contributed by atoms with Crippen LogP contribution in [0.3, 0.4) is 0 Å². The topological polar surface area (TPSA) is 107 Å². The fourth-order valence-electron chi connectivity index (χ4n) is 2.15. The van der Waals surface area contributed by atoms with Gasteiger partial charge in [0.25, 0.3) is 0 Å². The maximum Gasteiger partial charge on any atom is 0.335 e. The third kappa shape index (κ3) is 3.88. The average molecular weight is 335 g/mol. The van der Waals surface area contributed by atoms with Gasteiger partial charge in [0.15, 0.2) is 0 Å². The molecule has 0 fully saturated rings. The molecule has 0 saturated heterocycles. The Hall–Kier alpha value is -2.38. The van der Waals surface area contributed by atoms with E-state index in [1.54, 1.807) is 30.3 Å². The van der Waals surface area contributed by atoms with Crippen molar-refractivity contribution in [1.82, 2.24) is 0 Å². The number of rotatable bonds is 6. The predicted molar refractivity (Wildman–Crippen MR) is 86.0 cm³/mol. The summed E-state index contributed by atoms with van der Waals surface area (Å²) < 4.78 is 29.5. The number of carboxylic acids is 1. The van der Waals surface area contributed by atoms with Gasteiger partial charge >= 0.3 is 5.97 Å². The first kappa shape index (κ1) is 17.0. The highest BCUT2D eigenvalue weighted by Crippen LogP contribution is 2.37. The van der Waals surface area contributed by atoms with Crippen LogP contribution in [0, 0.1) is 0 Å². The summed E-state index contributed by atoms with van der Waals surface area (Å²) in [4.78, 5) is 11.0. The summed E-state index contributed by atoms with van der Waals surface area (Å²) in [5.74, 6) is -1.07. The van der Waals surface area contributed by atoms with Crippen LogP contribution >= 0.6 is 0 Å². The zero-order chi connectivity index (χ0) is 17.0. The highest BCUT2D eigenvalue weighted by atomic mass is 32.2. The first-order valence-electron chi connectivity index (χ1n) is 6.97. The van der Waals surface area contributed by atoms with Crippen LogP contribution in [0.15, 0.2) is 47.4 Å². The van der Waals surface area contributed by atoms with Crippen LogP contribution in [-0.2, 0) is 10.0 Å². The summed E-state index contributed by atoms with van der Waals surface area (Å²) in [6.45, 7) is 2.22. The summed E-state index contributed by atoms with van der Waals surface area (Å²) in [6.07, 6.45) is 0.691. The van der Waals surface area contributed by atoms with Crippen LogP contribution in [0.4, 0.5) is 0 Å². The molecule has 0 bridgehead atoms. The van der Waals surface area contributed by atoms with Gasteiger partial charge in [-0.15, -0.1) is 0 Å². The van der Waals surface area contributed by atoms with Crippen molar-refractivity contribution in [1.29, 1.82) is 0 Å². The van der Waals surface area contributed by atoms with Gasteiger partial charge in [0.1, 0.15) is 5.75 Å². The zero-order valence-corrected chi connectivity index (χ0v) is 13.3. The van der Waals surface area contributed by atoms with Crippen molar-refractivity contribution in [3.05, 3.63) is 48.0 Å². The molecule has 122 valence electrons. The van der Waals surface area contributed by atoms with Crippen molar-refractivity contribution >= 4 is 16.0 Å². The number of ether oxygens (including phenoxy) is 1. The van der Waals surface area contributed by atoms with Crippen LogP contribution in [0.25, 0.3) is 11.1 Å². The third-order valence-electron chi connectivity index (χ3n) is 3.14. The molecule has 0 spiro atoms. The monoisotopic (exact) mass is 335 g/mol. The molecule has 2 aromatic carbocycles. The molecule has 7 heteroatoms. The predicted octanol–water partition coefficient (Wildman–Crippen LogP) is 2.49. The summed E-state index contributed by atoms with van der Waals surface area (Å²) >= 11 is 0. The van der Waals surface area contributed by atoms with Gasteiger partial charge in [0.05, 0.1) is 17.1 Å². The Labute approximate surface area is 134 Å². The molecule has 0 aromatic heterocycles. The minimum absolute atomic E-state index is 0.182. The van der Waals surface area contributed by atoms with E-state index in [-0.39, 0.29) is 21.8 Å². The van der Waals surface area contributed by atoms with Gasteiger partial charge < -0.3 is 9.84 Å². The second-order valence-corrected chi connectivity index (χ2v) is 6.44. The Morgan fingerprint density at radius 1 is 1.22 bits per heavy atom. The maximum absolute atomic E-state index is 12.0. The Bertz CT molecular complexity index is 816. The van der Waals surface area contributed by atoms with E-state index in [0.717, 1.165) is 6.07 Å². The fourth-order valence-corrected chi connectivity index (χ4v) is 2.95. The Morgan fingerprint density at radius 2 is 1.87 bits per heavy atom. The number of hydrogen-bond donors (Lipinski definition) is 2. The minimum atomic E-state index is -4.13. The highest BCUT2D eigenvalue weighted by molar-refractivity contribution is 7.89. The number of aromatic carboxylic acids is 1. The summed E-state index contributed by atoms with van der Waals surface area (Å²) in [7, 11) is -4.13. The van der Waals surface area contributed by atoms with E-state index >= 15 is 0 Å². The van der Waals surface area contributed by atoms with Crippen LogP contribution in [0.2, 0.25) is 0 Å². The lowest BCUT2D eigenvalue weighted by Gasteiger charge is -2.16. The van der Waals surface area contributed by atoms with Crippen LogP contribution in [-0.4, -0.2) is 26.1 Å². The SMILES string of the molecule is CCCOc1cc(C(=O)O)cc(S(N)(=O)=O)c1-c1ccccc1.